The van der Waals surface area contributed by atoms with Gasteiger partial charge in [-0.1, -0.05) is 63.6 Å². The van der Waals surface area contributed by atoms with Crippen LogP contribution in [0.25, 0.3) is 11.1 Å². The van der Waals surface area contributed by atoms with Crippen molar-refractivity contribution in [3.8, 4) is 11.1 Å². The van der Waals surface area contributed by atoms with E-state index < -0.39 is 5.97 Å². The van der Waals surface area contributed by atoms with Crippen LogP contribution in [-0.2, 0) is 4.74 Å². The standard InChI is InChI=1S/C19H14BrNO4/c1-2-24-19(23)18-15(12-8-10-14(20)11-9-12)16(21-25-18)17(22)13-6-4-3-5-7-13/h3-11H,2H2,1H3. The Hall–Kier alpha value is -2.73. The van der Waals surface area contributed by atoms with Crippen molar-refractivity contribution in [1.29, 1.82) is 0 Å². The Morgan fingerprint density at radius 3 is 2.40 bits per heavy atom. The lowest BCUT2D eigenvalue weighted by atomic mass is 9.98. The second-order valence-electron chi connectivity index (χ2n) is 5.16. The molecule has 3 aromatic rings. The molecule has 0 atom stereocenters. The fraction of sp³-hybridized carbons (Fsp3) is 0.105. The van der Waals surface area contributed by atoms with Crippen molar-refractivity contribution in [3.05, 3.63) is 76.1 Å². The van der Waals surface area contributed by atoms with Gasteiger partial charge in [-0.15, -0.1) is 0 Å². The Kier molecular flexibility index (Phi) is 5.09. The average Bonchev–Trinajstić information content (AvgIpc) is 3.08. The summed E-state index contributed by atoms with van der Waals surface area (Å²) in [5, 5.41) is 3.86. The molecular formula is C19H14BrNO4. The van der Waals surface area contributed by atoms with Gasteiger partial charge in [-0.05, 0) is 24.6 Å². The third-order valence-electron chi connectivity index (χ3n) is 3.54. The quantitative estimate of drug-likeness (QED) is 0.466. The van der Waals surface area contributed by atoms with Gasteiger partial charge in [-0.2, -0.15) is 0 Å². The molecule has 0 radical (unpaired) electrons. The Labute approximate surface area is 152 Å². The zero-order valence-electron chi connectivity index (χ0n) is 13.4. The van der Waals surface area contributed by atoms with Gasteiger partial charge in [-0.3, -0.25) is 4.79 Å². The first-order chi connectivity index (χ1) is 12.1. The van der Waals surface area contributed by atoms with Crippen LogP contribution in [0.1, 0.15) is 33.5 Å². The lowest BCUT2D eigenvalue weighted by Gasteiger charge is -2.05. The van der Waals surface area contributed by atoms with Crippen molar-refractivity contribution in [2.75, 3.05) is 6.61 Å². The molecular weight excluding hydrogens is 386 g/mol. The summed E-state index contributed by atoms with van der Waals surface area (Å²) in [7, 11) is 0. The molecule has 1 heterocycles. The summed E-state index contributed by atoms with van der Waals surface area (Å²) < 4.78 is 11.1. The van der Waals surface area contributed by atoms with E-state index in [1.165, 1.54) is 0 Å². The molecule has 0 fully saturated rings. The molecule has 6 heteroatoms. The average molecular weight is 400 g/mol. The zero-order chi connectivity index (χ0) is 17.8. The molecule has 126 valence electrons. The van der Waals surface area contributed by atoms with E-state index in [4.69, 9.17) is 9.26 Å². The van der Waals surface area contributed by atoms with Crippen molar-refractivity contribution in [2.24, 2.45) is 0 Å². The number of hydrogen-bond acceptors (Lipinski definition) is 5. The first-order valence-electron chi connectivity index (χ1n) is 7.64. The minimum absolute atomic E-state index is 0.0801. The Morgan fingerprint density at radius 1 is 1.08 bits per heavy atom. The van der Waals surface area contributed by atoms with E-state index >= 15 is 0 Å². The van der Waals surface area contributed by atoms with Gasteiger partial charge in [0.2, 0.25) is 5.78 Å². The highest BCUT2D eigenvalue weighted by Crippen LogP contribution is 2.31. The van der Waals surface area contributed by atoms with Crippen molar-refractivity contribution in [3.63, 3.8) is 0 Å². The van der Waals surface area contributed by atoms with Crippen LogP contribution in [0.5, 0.6) is 0 Å². The zero-order valence-corrected chi connectivity index (χ0v) is 14.9. The molecule has 0 unspecified atom stereocenters. The number of carbonyl (C=O) groups excluding carboxylic acids is 2. The second kappa shape index (κ2) is 7.44. The molecule has 0 bridgehead atoms. The van der Waals surface area contributed by atoms with Crippen molar-refractivity contribution >= 4 is 27.7 Å². The fourth-order valence-corrected chi connectivity index (χ4v) is 2.66. The van der Waals surface area contributed by atoms with Crippen LogP contribution in [0.15, 0.2) is 63.6 Å². The summed E-state index contributed by atoms with van der Waals surface area (Å²) in [6.45, 7) is 1.89. The van der Waals surface area contributed by atoms with Crippen LogP contribution in [0.3, 0.4) is 0 Å². The van der Waals surface area contributed by atoms with Crippen LogP contribution in [0, 0.1) is 0 Å². The number of aromatic nitrogens is 1. The van der Waals surface area contributed by atoms with Crippen LogP contribution in [0.2, 0.25) is 0 Å². The van der Waals surface area contributed by atoms with Crippen LogP contribution < -0.4 is 0 Å². The molecule has 0 saturated carbocycles. The molecule has 3 rings (SSSR count). The van der Waals surface area contributed by atoms with Gasteiger partial charge in [0.05, 0.1) is 12.2 Å². The molecule has 0 aliphatic carbocycles. The number of hydrogen-bond donors (Lipinski definition) is 0. The Morgan fingerprint density at radius 2 is 1.76 bits per heavy atom. The van der Waals surface area contributed by atoms with Gasteiger partial charge < -0.3 is 9.26 Å². The number of carbonyl (C=O) groups is 2. The first-order valence-corrected chi connectivity index (χ1v) is 8.43. The summed E-state index contributed by atoms with van der Waals surface area (Å²) in [4.78, 5) is 25.0. The summed E-state index contributed by atoms with van der Waals surface area (Å²) >= 11 is 3.37. The van der Waals surface area contributed by atoms with E-state index in [9.17, 15) is 9.59 Å². The Balaban J connectivity index is 2.14. The summed E-state index contributed by atoms with van der Waals surface area (Å²) in [6.07, 6.45) is 0. The number of rotatable bonds is 5. The van der Waals surface area contributed by atoms with Crippen LogP contribution in [0.4, 0.5) is 0 Å². The molecule has 2 aromatic carbocycles. The molecule has 0 spiro atoms. The van der Waals surface area contributed by atoms with Gasteiger partial charge in [0.25, 0.3) is 5.76 Å². The third kappa shape index (κ3) is 3.53. The normalized spacial score (nSPS) is 10.5. The van der Waals surface area contributed by atoms with Crippen molar-refractivity contribution in [1.82, 2.24) is 5.16 Å². The summed E-state index contributed by atoms with van der Waals surface area (Å²) in [5.74, 6) is -1.05. The molecule has 0 aliphatic heterocycles. The highest BCUT2D eigenvalue weighted by Gasteiger charge is 2.28. The number of ketones is 1. The van der Waals surface area contributed by atoms with Crippen molar-refractivity contribution in [2.45, 2.75) is 6.92 Å². The van der Waals surface area contributed by atoms with E-state index in [1.807, 2.05) is 18.2 Å². The first kappa shape index (κ1) is 17.1. The molecule has 0 saturated heterocycles. The largest absolute Gasteiger partial charge is 0.460 e. The van der Waals surface area contributed by atoms with Gasteiger partial charge in [-0.25, -0.2) is 4.79 Å². The molecule has 0 amide bonds. The molecule has 5 nitrogen and oxygen atoms in total. The number of benzene rings is 2. The van der Waals surface area contributed by atoms with E-state index in [2.05, 4.69) is 21.1 Å². The van der Waals surface area contributed by atoms with Crippen LogP contribution in [-0.4, -0.2) is 23.5 Å². The van der Waals surface area contributed by atoms with Gasteiger partial charge in [0.15, 0.2) is 5.69 Å². The van der Waals surface area contributed by atoms with E-state index in [-0.39, 0.29) is 23.8 Å². The molecule has 0 aliphatic rings. The van der Waals surface area contributed by atoms with E-state index in [1.54, 1.807) is 43.3 Å². The highest BCUT2D eigenvalue weighted by atomic mass is 79.9. The third-order valence-corrected chi connectivity index (χ3v) is 4.07. The predicted molar refractivity (Wildman–Crippen MR) is 95.5 cm³/mol. The topological polar surface area (TPSA) is 69.4 Å². The van der Waals surface area contributed by atoms with E-state index in [0.717, 1.165) is 4.47 Å². The Bertz CT molecular complexity index is 901. The van der Waals surface area contributed by atoms with Gasteiger partial charge in [0.1, 0.15) is 0 Å². The SMILES string of the molecule is CCOC(=O)c1onc(C(=O)c2ccccc2)c1-c1ccc(Br)cc1. The van der Waals surface area contributed by atoms with Gasteiger partial charge in [0, 0.05) is 10.0 Å². The summed E-state index contributed by atoms with van der Waals surface area (Å²) in [5.41, 5.74) is 1.52. The van der Waals surface area contributed by atoms with E-state index in [0.29, 0.717) is 16.7 Å². The summed E-state index contributed by atoms with van der Waals surface area (Å²) in [6, 6.07) is 15.9. The maximum atomic E-state index is 12.8. The minimum atomic E-state index is -0.653. The fourth-order valence-electron chi connectivity index (χ4n) is 2.39. The lowest BCUT2D eigenvalue weighted by molar-refractivity contribution is 0.0480. The van der Waals surface area contributed by atoms with Gasteiger partial charge >= 0.3 is 5.97 Å². The highest BCUT2D eigenvalue weighted by molar-refractivity contribution is 9.10. The maximum absolute atomic E-state index is 12.8. The number of esters is 1. The number of halogens is 1. The van der Waals surface area contributed by atoms with Crippen molar-refractivity contribution < 1.29 is 18.8 Å². The minimum Gasteiger partial charge on any atom is -0.460 e. The number of ether oxygens (including phenoxy) is 1. The molecule has 0 N–H and O–H groups in total. The monoisotopic (exact) mass is 399 g/mol. The van der Waals surface area contributed by atoms with Crippen LogP contribution >= 0.6 is 15.9 Å². The molecule has 25 heavy (non-hydrogen) atoms. The molecule has 1 aromatic heterocycles. The predicted octanol–water partition coefficient (Wildman–Crippen LogP) is 4.51. The second-order valence-corrected chi connectivity index (χ2v) is 6.07. The lowest BCUT2D eigenvalue weighted by Crippen LogP contribution is -2.07. The maximum Gasteiger partial charge on any atom is 0.377 e. The smallest absolute Gasteiger partial charge is 0.377 e. The number of nitrogens with zero attached hydrogens (tertiary/aromatic N) is 1.